The summed E-state index contributed by atoms with van der Waals surface area (Å²) in [4.78, 5) is 8.75. The molecule has 0 amide bonds. The second kappa shape index (κ2) is 4.39. The number of benzene rings is 1. The van der Waals surface area contributed by atoms with E-state index in [0.717, 1.165) is 34.5 Å². The molecule has 3 aromatic rings. The van der Waals surface area contributed by atoms with Gasteiger partial charge in [0.15, 0.2) is 0 Å². The molecule has 0 radical (unpaired) electrons. The van der Waals surface area contributed by atoms with Crippen molar-refractivity contribution < 1.29 is 5.11 Å². The molecule has 1 aromatic carbocycles. The van der Waals surface area contributed by atoms with Gasteiger partial charge in [0.2, 0.25) is 0 Å². The molecule has 0 saturated carbocycles. The predicted molar refractivity (Wildman–Crippen MR) is 75.0 cm³/mol. The Kier molecular flexibility index (Phi) is 2.71. The molecule has 0 unspecified atom stereocenters. The van der Waals surface area contributed by atoms with Crippen molar-refractivity contribution in [2.24, 2.45) is 0 Å². The number of pyridine rings is 1. The Morgan fingerprint density at radius 3 is 2.84 bits per heavy atom. The van der Waals surface area contributed by atoms with Crippen LogP contribution in [0.3, 0.4) is 0 Å². The Morgan fingerprint density at radius 1 is 1.26 bits per heavy atom. The third-order valence-electron chi connectivity index (χ3n) is 3.32. The summed E-state index contributed by atoms with van der Waals surface area (Å²) in [7, 11) is 0. The zero-order chi connectivity index (χ0) is 13.4. The van der Waals surface area contributed by atoms with Gasteiger partial charge in [-0.15, -0.1) is 0 Å². The molecule has 1 N–H and O–H groups in total. The highest BCUT2D eigenvalue weighted by molar-refractivity contribution is 5.80. The number of rotatable bonds is 2. The van der Waals surface area contributed by atoms with E-state index in [9.17, 15) is 5.11 Å². The Labute approximate surface area is 111 Å². The van der Waals surface area contributed by atoms with Crippen LogP contribution in [0, 0.1) is 6.92 Å². The molecule has 4 heteroatoms. The van der Waals surface area contributed by atoms with E-state index >= 15 is 0 Å². The van der Waals surface area contributed by atoms with Gasteiger partial charge in [0, 0.05) is 18.3 Å². The number of aromatic hydroxyl groups is 1. The molecule has 2 aromatic heterocycles. The number of fused-ring (bicyclic) bond motifs is 1. The smallest absolute Gasteiger partial charge is 0.141 e. The van der Waals surface area contributed by atoms with E-state index in [2.05, 4.69) is 21.5 Å². The first-order valence-corrected chi connectivity index (χ1v) is 6.31. The van der Waals surface area contributed by atoms with Gasteiger partial charge in [-0.2, -0.15) is 0 Å². The Hall–Kier alpha value is -2.36. The van der Waals surface area contributed by atoms with Crippen LogP contribution < -0.4 is 0 Å². The maximum atomic E-state index is 9.62. The van der Waals surface area contributed by atoms with Crippen LogP contribution in [0.15, 0.2) is 36.7 Å². The van der Waals surface area contributed by atoms with Gasteiger partial charge in [0.1, 0.15) is 17.1 Å². The van der Waals surface area contributed by atoms with Crippen LogP contribution in [0.1, 0.15) is 12.5 Å². The summed E-state index contributed by atoms with van der Waals surface area (Å²) in [5.74, 6) is 1.22. The monoisotopic (exact) mass is 253 g/mol. The topological polar surface area (TPSA) is 50.9 Å². The Bertz CT molecular complexity index is 746. The second-order valence-electron chi connectivity index (χ2n) is 4.55. The number of aryl methyl sites for hydroxylation is 2. The van der Waals surface area contributed by atoms with Crippen LogP contribution >= 0.6 is 0 Å². The molecule has 0 saturated heterocycles. The van der Waals surface area contributed by atoms with Crippen molar-refractivity contribution in [1.29, 1.82) is 0 Å². The van der Waals surface area contributed by atoms with Crippen LogP contribution in [0.25, 0.3) is 22.4 Å². The second-order valence-corrected chi connectivity index (χ2v) is 4.55. The summed E-state index contributed by atoms with van der Waals surface area (Å²) in [5.41, 5.74) is 3.84. The summed E-state index contributed by atoms with van der Waals surface area (Å²) in [6, 6.07) is 7.53. The van der Waals surface area contributed by atoms with Gasteiger partial charge in [-0.05, 0) is 43.7 Å². The number of hydrogen-bond donors (Lipinski definition) is 1. The van der Waals surface area contributed by atoms with Gasteiger partial charge in [-0.25, -0.2) is 4.98 Å². The van der Waals surface area contributed by atoms with Gasteiger partial charge in [-0.3, -0.25) is 4.98 Å². The van der Waals surface area contributed by atoms with Gasteiger partial charge in [0.25, 0.3) is 0 Å². The van der Waals surface area contributed by atoms with E-state index in [1.807, 2.05) is 25.1 Å². The highest BCUT2D eigenvalue weighted by Gasteiger charge is 2.12. The molecule has 0 aliphatic heterocycles. The quantitative estimate of drug-likeness (QED) is 0.763. The van der Waals surface area contributed by atoms with Crippen LogP contribution in [0.4, 0.5) is 0 Å². The average Bonchev–Trinajstić information content (AvgIpc) is 2.80. The summed E-state index contributed by atoms with van der Waals surface area (Å²) in [5, 5.41) is 9.62. The minimum Gasteiger partial charge on any atom is -0.508 e. The molecule has 2 heterocycles. The minimum absolute atomic E-state index is 0.310. The molecular weight excluding hydrogens is 238 g/mol. The zero-order valence-electron chi connectivity index (χ0n) is 11.0. The van der Waals surface area contributed by atoms with Gasteiger partial charge in [0.05, 0.1) is 11.7 Å². The number of aromatic nitrogens is 3. The fourth-order valence-corrected chi connectivity index (χ4v) is 2.32. The summed E-state index contributed by atoms with van der Waals surface area (Å²) < 4.78 is 2.16. The molecule has 0 atom stereocenters. The van der Waals surface area contributed by atoms with Crippen molar-refractivity contribution in [3.63, 3.8) is 0 Å². The van der Waals surface area contributed by atoms with Gasteiger partial charge in [-0.1, -0.05) is 0 Å². The SMILES string of the molecule is CCn1c(-c2ccc(O)c(C)c2)nc2cnccc21. The third-order valence-corrected chi connectivity index (χ3v) is 3.32. The van der Waals surface area contributed by atoms with E-state index < -0.39 is 0 Å². The molecule has 0 bridgehead atoms. The zero-order valence-corrected chi connectivity index (χ0v) is 11.0. The maximum absolute atomic E-state index is 9.62. The van der Waals surface area contributed by atoms with Crippen molar-refractivity contribution in [1.82, 2.24) is 14.5 Å². The standard InChI is InChI=1S/C15H15N3O/c1-3-18-13-6-7-16-9-12(13)17-15(18)11-4-5-14(19)10(2)8-11/h4-9,19H,3H2,1-2H3. The van der Waals surface area contributed by atoms with E-state index in [1.165, 1.54) is 0 Å². The lowest BCUT2D eigenvalue weighted by Crippen LogP contribution is -1.97. The van der Waals surface area contributed by atoms with Gasteiger partial charge >= 0.3 is 0 Å². The third kappa shape index (κ3) is 1.85. The van der Waals surface area contributed by atoms with Crippen LogP contribution in [-0.4, -0.2) is 19.6 Å². The number of phenols is 1. The van der Waals surface area contributed by atoms with Crippen molar-refractivity contribution in [3.05, 3.63) is 42.2 Å². The number of phenolic OH excluding ortho intramolecular Hbond substituents is 1. The van der Waals surface area contributed by atoms with E-state index in [0.29, 0.717) is 5.75 Å². The molecule has 19 heavy (non-hydrogen) atoms. The van der Waals surface area contributed by atoms with E-state index in [1.54, 1.807) is 18.5 Å². The van der Waals surface area contributed by atoms with E-state index in [4.69, 9.17) is 0 Å². The van der Waals surface area contributed by atoms with E-state index in [-0.39, 0.29) is 0 Å². The molecule has 0 aliphatic rings. The van der Waals surface area contributed by atoms with Crippen LogP contribution in [0.2, 0.25) is 0 Å². The molecule has 3 rings (SSSR count). The number of nitrogens with zero attached hydrogens (tertiary/aromatic N) is 3. The molecule has 0 spiro atoms. The lowest BCUT2D eigenvalue weighted by atomic mass is 10.1. The predicted octanol–water partition coefficient (Wildman–Crippen LogP) is 3.13. The molecule has 0 fully saturated rings. The lowest BCUT2D eigenvalue weighted by molar-refractivity contribution is 0.471. The van der Waals surface area contributed by atoms with Crippen molar-refractivity contribution in [3.8, 4) is 17.1 Å². The highest BCUT2D eigenvalue weighted by atomic mass is 16.3. The summed E-state index contributed by atoms with van der Waals surface area (Å²) in [6.07, 6.45) is 3.56. The molecule has 96 valence electrons. The normalized spacial score (nSPS) is 11.1. The fourth-order valence-electron chi connectivity index (χ4n) is 2.32. The molecular formula is C15H15N3O. The Balaban J connectivity index is 2.26. The molecule has 4 nitrogen and oxygen atoms in total. The van der Waals surface area contributed by atoms with Crippen molar-refractivity contribution in [2.75, 3.05) is 0 Å². The highest BCUT2D eigenvalue weighted by Crippen LogP contribution is 2.27. The lowest BCUT2D eigenvalue weighted by Gasteiger charge is -2.07. The molecule has 0 aliphatic carbocycles. The first-order chi connectivity index (χ1) is 9.20. The van der Waals surface area contributed by atoms with Crippen LogP contribution in [-0.2, 0) is 6.54 Å². The minimum atomic E-state index is 0.310. The number of imidazole rings is 1. The number of hydrogen-bond acceptors (Lipinski definition) is 3. The van der Waals surface area contributed by atoms with Crippen molar-refractivity contribution >= 4 is 11.0 Å². The Morgan fingerprint density at radius 2 is 2.11 bits per heavy atom. The van der Waals surface area contributed by atoms with Crippen LogP contribution in [0.5, 0.6) is 5.75 Å². The fraction of sp³-hybridized carbons (Fsp3) is 0.200. The van der Waals surface area contributed by atoms with Gasteiger partial charge < -0.3 is 9.67 Å². The first-order valence-electron chi connectivity index (χ1n) is 6.31. The largest absolute Gasteiger partial charge is 0.508 e. The average molecular weight is 253 g/mol. The summed E-state index contributed by atoms with van der Waals surface area (Å²) >= 11 is 0. The first kappa shape index (κ1) is 11.7. The van der Waals surface area contributed by atoms with Crippen molar-refractivity contribution in [2.45, 2.75) is 20.4 Å². The summed E-state index contributed by atoms with van der Waals surface area (Å²) in [6.45, 7) is 4.83. The maximum Gasteiger partial charge on any atom is 0.141 e.